The molecule has 0 saturated heterocycles. The van der Waals surface area contributed by atoms with Gasteiger partial charge in [0.05, 0.1) is 42.1 Å². The zero-order valence-electron chi connectivity index (χ0n) is 79.5. The van der Waals surface area contributed by atoms with Gasteiger partial charge in [-0.25, -0.2) is 77.9 Å². The molecule has 0 radical (unpaired) electrons. The van der Waals surface area contributed by atoms with Gasteiger partial charge in [-0.05, 0) is 132 Å². The molecule has 20 rings (SSSR count). The summed E-state index contributed by atoms with van der Waals surface area (Å²) < 4.78 is 9.20. The van der Waals surface area contributed by atoms with Gasteiger partial charge in [0.15, 0.2) is 63.1 Å². The molecule has 29 nitrogen and oxygen atoms in total. The van der Waals surface area contributed by atoms with Crippen LogP contribution >= 0.6 is 0 Å². The maximum atomic E-state index is 13.8. The first kappa shape index (κ1) is 95.5. The molecule has 0 bridgehead atoms. The van der Waals surface area contributed by atoms with Crippen LogP contribution in [0, 0.1) is 119 Å². The predicted octanol–water partition coefficient (Wildman–Crippen LogP) is 19.3. The Hall–Kier alpha value is -18.7. The first-order chi connectivity index (χ1) is 68.2. The molecular formula is C112H95N23O6. The second-order valence-electron chi connectivity index (χ2n) is 34.3. The first-order valence-electron chi connectivity index (χ1n) is 45.7. The van der Waals surface area contributed by atoms with E-state index in [9.17, 15) is 55.4 Å². The second kappa shape index (κ2) is 41.7. The van der Waals surface area contributed by atoms with Crippen molar-refractivity contribution in [1.82, 2.24) is 77.2 Å². The van der Waals surface area contributed by atoms with E-state index in [-0.39, 0.29) is 76.8 Å². The number of aryl methyl sites for hydroxylation is 10. The first-order valence-corrected chi connectivity index (χ1v) is 45.7. The van der Waals surface area contributed by atoms with Crippen LogP contribution in [0.25, 0.3) is 107 Å². The van der Waals surface area contributed by atoms with Crippen LogP contribution in [0.3, 0.4) is 0 Å². The molecular weight excluding hydrogens is 1760 g/mol. The summed E-state index contributed by atoms with van der Waals surface area (Å²) in [6.45, 7) is 24.7. The van der Waals surface area contributed by atoms with Crippen molar-refractivity contribution in [2.24, 2.45) is 7.05 Å². The van der Waals surface area contributed by atoms with E-state index in [2.05, 4.69) is 83.7 Å². The van der Waals surface area contributed by atoms with Gasteiger partial charge in [-0.3, -0.25) is 33.1 Å². The van der Waals surface area contributed by atoms with Gasteiger partial charge in [0.1, 0.15) is 75.7 Å². The average molecular weight is 1860 g/mol. The quantitative estimate of drug-likeness (QED) is 0.0616. The topological polar surface area (TPSA) is 389 Å². The highest BCUT2D eigenvalue weighted by Gasteiger charge is 2.37. The molecule has 0 aliphatic carbocycles. The lowest BCUT2D eigenvalue weighted by Crippen LogP contribution is -2.28. The van der Waals surface area contributed by atoms with Crippen molar-refractivity contribution in [2.75, 3.05) is 16.3 Å². The molecule has 2 aliphatic heterocycles. The minimum Gasteiger partial charge on any atom is -0.508 e. The van der Waals surface area contributed by atoms with E-state index in [1.165, 1.54) is 9.13 Å². The Labute approximate surface area is 812 Å². The number of nitrogens with zero attached hydrogens (tertiary/aromatic N) is 23. The zero-order valence-corrected chi connectivity index (χ0v) is 79.5. The molecule has 8 aromatic heterocycles. The number of aromatic hydroxyl groups is 1. The molecule has 0 spiro atoms. The van der Waals surface area contributed by atoms with Crippen LogP contribution in [0.4, 0.5) is 17.3 Å². The fraction of sp³-hybridized carbons (Fsp3) is 0.179. The van der Waals surface area contributed by atoms with Crippen molar-refractivity contribution in [2.45, 2.75) is 121 Å². The number of carbonyl (C=O) groups is 2. The number of phenols is 1. The van der Waals surface area contributed by atoms with Gasteiger partial charge in [0.25, 0.3) is 0 Å². The number of nitriles is 5. The summed E-state index contributed by atoms with van der Waals surface area (Å²) in [5, 5.41) is 58.4. The van der Waals surface area contributed by atoms with Gasteiger partial charge in [-0.1, -0.05) is 267 Å². The number of hydrogen-bond acceptors (Lipinski definition) is 21. The maximum absolute atomic E-state index is 13.8. The van der Waals surface area contributed by atoms with Crippen LogP contribution in [-0.4, -0.2) is 101 Å². The third-order valence-electron chi connectivity index (χ3n) is 24.5. The van der Waals surface area contributed by atoms with Gasteiger partial charge in [0.2, 0.25) is 11.8 Å². The number of aromatic nitrogens is 16. The lowest BCUT2D eigenvalue weighted by Gasteiger charge is -2.19. The van der Waals surface area contributed by atoms with Crippen LogP contribution in [-0.2, 0) is 42.6 Å². The minimum atomic E-state index is -0.277. The number of carbonyl (C=O) groups excluding carboxylic acids is 2. The number of allylic oxidation sites excluding steroid dienone is 1. The molecule has 0 saturated carbocycles. The molecule has 18 aromatic rings. The Morgan fingerprint density at radius 3 is 1.14 bits per heavy atom. The van der Waals surface area contributed by atoms with E-state index >= 15 is 0 Å². The van der Waals surface area contributed by atoms with Crippen LogP contribution in [0.15, 0.2) is 270 Å². The minimum absolute atomic E-state index is 0.0124. The summed E-state index contributed by atoms with van der Waals surface area (Å²) in [5.41, 5.74) is 20.7. The van der Waals surface area contributed by atoms with Crippen LogP contribution < -0.4 is 26.9 Å². The van der Waals surface area contributed by atoms with E-state index < -0.39 is 0 Å². The monoisotopic (exact) mass is 1860 g/mol. The summed E-state index contributed by atoms with van der Waals surface area (Å²) >= 11 is 0. The Balaban J connectivity index is 0.000000127. The number of hydrogen-bond donors (Lipinski definition) is 1. The number of benzene rings is 10. The van der Waals surface area contributed by atoms with E-state index in [0.29, 0.717) is 110 Å². The van der Waals surface area contributed by atoms with Gasteiger partial charge in [-0.2, -0.15) is 26.3 Å². The van der Waals surface area contributed by atoms with Crippen molar-refractivity contribution >= 4 is 62.6 Å². The Bertz CT molecular complexity index is 8380. The van der Waals surface area contributed by atoms with Gasteiger partial charge in [-0.15, -0.1) is 6.58 Å². The van der Waals surface area contributed by atoms with Crippen LogP contribution in [0.2, 0.25) is 0 Å². The Morgan fingerprint density at radius 1 is 0.362 bits per heavy atom. The number of unbranched alkanes of at least 4 members (excludes halogenated alkanes) is 3. The van der Waals surface area contributed by atoms with Crippen LogP contribution in [0.5, 0.6) is 5.75 Å². The standard InChI is InChI=1S/C27H21N5O.C23H19N5O.C21H17N5O.C21H16N4O2.C20H22N4O/c1-18-12-14-21(15-13-18)25-29-22(16-28)24-26(30-25)32(23-11-7-6-8-19(23)2)27(33)31(24)17-20-9-4-3-5-10-20;1-4-13-27-20-18(14-24)25-21(17-11-9-15(2)10-12-17)26-22(20)28(23(27)29)19-8-6-5-7-16(19)3;1-13-8-10-15(11-9-13)19-23-16(12-22)18-20(24-19)26(21(27)25(18)3)17-7-5-4-6-14(17)2;1-12-5-3-4-6-17(12)25-19(27)10-15-16(11-22)23-20(24-21(15)25)14-8-7-13(2)18(26)9-14;1-3-4-5-6-11-24-18(25)12-16-17(13-21)22-19(23-20(16)24)15-9-7-14(2)8-10-15/h3-15H,17H2,1-2H3;4-12H,1,13H2,2-3H3;4-11H,1-3H3;3-9,26H,10H2,1-2H3;7-10H,3-6,11-12H2,1-2H3. The summed E-state index contributed by atoms with van der Waals surface area (Å²) in [4.78, 5) is 114. The summed E-state index contributed by atoms with van der Waals surface area (Å²) in [6.07, 6.45) is 6.30. The molecule has 0 atom stereocenters. The van der Waals surface area contributed by atoms with Gasteiger partial charge in [0, 0.05) is 59.1 Å². The molecule has 694 valence electrons. The highest BCUT2D eigenvalue weighted by atomic mass is 16.3. The SMILES string of the molecule is C=CCn1c(=O)n(-c2ccccc2C)c2nc(-c3ccc(C)cc3)nc(C#N)c21.CCCCCCN1C(=O)Cc2c(C#N)nc(-c3ccc(C)cc3)nc21.Cc1ccc(-c2nc(C#N)c3c(n2)N(c2ccccc2C)C(=O)C3)cc1O.Cc1ccc(-c2nc(C#N)c3c(n2)n(-c2ccccc2C)c(=O)n3C)cc1.Cc1ccc(-c2nc(C#N)c3c(n2)n(-c2ccccc2C)c(=O)n3Cc2ccccc2)cc1. The maximum Gasteiger partial charge on any atom is 0.335 e. The van der Waals surface area contributed by atoms with E-state index in [0.717, 1.165) is 126 Å². The summed E-state index contributed by atoms with van der Waals surface area (Å²) in [7, 11) is 1.63. The molecule has 29 heteroatoms. The number of para-hydroxylation sites is 4. The fourth-order valence-corrected chi connectivity index (χ4v) is 16.9. The van der Waals surface area contributed by atoms with E-state index in [1.807, 2.05) is 280 Å². The number of rotatable bonds is 18. The molecule has 141 heavy (non-hydrogen) atoms. The number of fused-ring (bicyclic) bond motifs is 5. The Morgan fingerprint density at radius 2 is 0.716 bits per heavy atom. The third-order valence-corrected chi connectivity index (χ3v) is 24.5. The van der Waals surface area contributed by atoms with Crippen LogP contribution in [0.1, 0.15) is 128 Å². The highest BCUT2D eigenvalue weighted by molar-refractivity contribution is 6.07. The number of phenolic OH excluding ortho intramolecular Hbond substituents is 1. The van der Waals surface area contributed by atoms with E-state index in [1.54, 1.807) is 66.3 Å². The van der Waals surface area contributed by atoms with Crippen molar-refractivity contribution < 1.29 is 14.7 Å². The van der Waals surface area contributed by atoms with Crippen molar-refractivity contribution in [3.63, 3.8) is 0 Å². The molecule has 0 unspecified atom stereocenters. The summed E-state index contributed by atoms with van der Waals surface area (Å²) in [5.74, 6) is 3.09. The molecule has 10 aromatic carbocycles. The Kier molecular flexibility index (Phi) is 28.2. The largest absolute Gasteiger partial charge is 0.508 e. The highest BCUT2D eigenvalue weighted by Crippen LogP contribution is 2.40. The smallest absolute Gasteiger partial charge is 0.335 e. The van der Waals surface area contributed by atoms with Gasteiger partial charge < -0.3 is 5.11 Å². The van der Waals surface area contributed by atoms with Gasteiger partial charge >= 0.3 is 17.1 Å². The van der Waals surface area contributed by atoms with Crippen molar-refractivity contribution in [1.29, 1.82) is 26.3 Å². The van der Waals surface area contributed by atoms with E-state index in [4.69, 9.17) is 9.97 Å². The molecule has 1 N–H and O–H groups in total. The number of anilines is 3. The molecule has 10 heterocycles. The number of imidazole rings is 3. The second-order valence-corrected chi connectivity index (χ2v) is 34.3. The zero-order chi connectivity index (χ0) is 99.6. The average Bonchev–Trinajstić information content (AvgIpc) is 1.58. The van der Waals surface area contributed by atoms with Crippen molar-refractivity contribution in [3.05, 3.63) is 382 Å². The number of amides is 2. The fourth-order valence-electron chi connectivity index (χ4n) is 16.9. The third kappa shape index (κ3) is 19.5. The molecule has 0 fully saturated rings. The molecule has 2 amide bonds. The normalized spacial score (nSPS) is 11.6. The molecule has 2 aliphatic rings. The predicted molar refractivity (Wildman–Crippen MR) is 543 cm³/mol. The lowest BCUT2D eigenvalue weighted by atomic mass is 10.1. The summed E-state index contributed by atoms with van der Waals surface area (Å²) in [6, 6.07) is 87.1. The lowest BCUT2D eigenvalue weighted by molar-refractivity contribution is -0.117. The van der Waals surface area contributed by atoms with Crippen molar-refractivity contribution in [3.8, 4) is 110 Å².